The summed E-state index contributed by atoms with van der Waals surface area (Å²) in [5, 5.41) is 17.1. The molecule has 0 aliphatic heterocycles. The number of rotatable bonds is 6. The van der Waals surface area contributed by atoms with Gasteiger partial charge in [-0.05, 0) is 20.3 Å². The van der Waals surface area contributed by atoms with E-state index in [1.54, 1.807) is 0 Å². The Bertz CT molecular complexity index is 136. The monoisotopic (exact) mass is 175 g/mol. The topological polar surface area (TPSA) is 60.8 Å². The van der Waals surface area contributed by atoms with E-state index >= 15 is 0 Å². The second kappa shape index (κ2) is 5.97. The number of aliphatic hydroxyl groups excluding tert-OH is 1. The van der Waals surface area contributed by atoms with Gasteiger partial charge in [0, 0.05) is 19.2 Å². The summed E-state index contributed by atoms with van der Waals surface area (Å²) < 4.78 is 0. The molecule has 0 saturated carbocycles. The summed E-state index contributed by atoms with van der Waals surface area (Å²) in [4.78, 5) is 12.2. The van der Waals surface area contributed by atoms with Crippen LogP contribution in [0.1, 0.15) is 20.3 Å². The summed E-state index contributed by atoms with van der Waals surface area (Å²) in [6.45, 7) is 4.70. The van der Waals surface area contributed by atoms with Crippen LogP contribution >= 0.6 is 0 Å². The molecule has 0 rings (SSSR count). The summed E-state index contributed by atoms with van der Waals surface area (Å²) in [5.74, 6) is -0.818. The van der Waals surface area contributed by atoms with Crippen molar-refractivity contribution >= 4 is 5.97 Å². The molecule has 0 unspecified atom stereocenters. The molecule has 12 heavy (non-hydrogen) atoms. The van der Waals surface area contributed by atoms with E-state index in [0.29, 0.717) is 13.0 Å². The third kappa shape index (κ3) is 5.09. The SMILES string of the molecule is CC(C)N(CCCO)CC(=O)O. The van der Waals surface area contributed by atoms with Gasteiger partial charge >= 0.3 is 5.97 Å². The number of carboxylic acids is 1. The van der Waals surface area contributed by atoms with Crippen molar-refractivity contribution in [1.82, 2.24) is 4.90 Å². The van der Waals surface area contributed by atoms with Crippen LogP contribution in [0.3, 0.4) is 0 Å². The lowest BCUT2D eigenvalue weighted by molar-refractivity contribution is -0.138. The number of nitrogens with zero attached hydrogens (tertiary/aromatic N) is 1. The van der Waals surface area contributed by atoms with Gasteiger partial charge in [-0.2, -0.15) is 0 Å². The zero-order chi connectivity index (χ0) is 9.56. The first-order chi connectivity index (χ1) is 5.57. The summed E-state index contributed by atoms with van der Waals surface area (Å²) in [7, 11) is 0. The number of hydrogen-bond acceptors (Lipinski definition) is 3. The Morgan fingerprint density at radius 1 is 1.50 bits per heavy atom. The van der Waals surface area contributed by atoms with Gasteiger partial charge in [0.15, 0.2) is 0 Å². The molecule has 0 aliphatic carbocycles. The van der Waals surface area contributed by atoms with Crippen molar-refractivity contribution in [3.8, 4) is 0 Å². The molecule has 0 aromatic rings. The standard InChI is InChI=1S/C8H17NO3/c1-7(2)9(4-3-5-10)6-8(11)12/h7,10H,3-6H2,1-2H3,(H,11,12). The molecule has 4 nitrogen and oxygen atoms in total. The van der Waals surface area contributed by atoms with Crippen molar-refractivity contribution in [2.45, 2.75) is 26.3 Å². The van der Waals surface area contributed by atoms with Crippen LogP contribution in [0, 0.1) is 0 Å². The van der Waals surface area contributed by atoms with E-state index < -0.39 is 5.97 Å². The highest BCUT2D eigenvalue weighted by Gasteiger charge is 2.11. The second-order valence-corrected chi connectivity index (χ2v) is 3.04. The van der Waals surface area contributed by atoms with Crippen LogP contribution in [0.4, 0.5) is 0 Å². The van der Waals surface area contributed by atoms with Crippen molar-refractivity contribution < 1.29 is 15.0 Å². The maximum absolute atomic E-state index is 10.4. The normalized spacial score (nSPS) is 11.1. The quantitative estimate of drug-likeness (QED) is 0.604. The average molecular weight is 175 g/mol. The molecule has 0 spiro atoms. The highest BCUT2D eigenvalue weighted by atomic mass is 16.4. The van der Waals surface area contributed by atoms with E-state index in [0.717, 1.165) is 0 Å². The van der Waals surface area contributed by atoms with E-state index in [9.17, 15) is 4.79 Å². The van der Waals surface area contributed by atoms with Crippen LogP contribution in [-0.4, -0.2) is 46.8 Å². The van der Waals surface area contributed by atoms with Crippen LogP contribution in [0.5, 0.6) is 0 Å². The van der Waals surface area contributed by atoms with E-state index in [4.69, 9.17) is 10.2 Å². The van der Waals surface area contributed by atoms with E-state index in [2.05, 4.69) is 0 Å². The van der Waals surface area contributed by atoms with Gasteiger partial charge in [-0.15, -0.1) is 0 Å². The highest BCUT2D eigenvalue weighted by Crippen LogP contribution is 1.98. The lowest BCUT2D eigenvalue weighted by Crippen LogP contribution is -2.36. The van der Waals surface area contributed by atoms with E-state index in [1.807, 2.05) is 18.7 Å². The maximum atomic E-state index is 10.4. The van der Waals surface area contributed by atoms with Crippen LogP contribution in [0.15, 0.2) is 0 Å². The van der Waals surface area contributed by atoms with Crippen molar-refractivity contribution in [3.63, 3.8) is 0 Å². The van der Waals surface area contributed by atoms with Crippen molar-refractivity contribution in [1.29, 1.82) is 0 Å². The summed E-state index contributed by atoms with van der Waals surface area (Å²) in [6.07, 6.45) is 0.630. The van der Waals surface area contributed by atoms with Crippen molar-refractivity contribution in [2.24, 2.45) is 0 Å². The molecule has 0 aromatic heterocycles. The fourth-order valence-electron chi connectivity index (χ4n) is 0.967. The molecular weight excluding hydrogens is 158 g/mol. The number of hydrogen-bond donors (Lipinski definition) is 2. The predicted molar refractivity (Wildman–Crippen MR) is 46.0 cm³/mol. The Labute approximate surface area is 72.8 Å². The maximum Gasteiger partial charge on any atom is 0.317 e. The second-order valence-electron chi connectivity index (χ2n) is 3.04. The Kier molecular flexibility index (Phi) is 5.66. The molecule has 72 valence electrons. The first-order valence-electron chi connectivity index (χ1n) is 4.14. The first kappa shape index (κ1) is 11.4. The zero-order valence-corrected chi connectivity index (χ0v) is 7.66. The van der Waals surface area contributed by atoms with Crippen LogP contribution in [0.25, 0.3) is 0 Å². The minimum absolute atomic E-state index is 0.0532. The van der Waals surface area contributed by atoms with Crippen molar-refractivity contribution in [2.75, 3.05) is 19.7 Å². The minimum Gasteiger partial charge on any atom is -0.480 e. The summed E-state index contributed by atoms with van der Waals surface area (Å²) in [6, 6.07) is 0.215. The number of aliphatic hydroxyl groups is 1. The summed E-state index contributed by atoms with van der Waals surface area (Å²) in [5.41, 5.74) is 0. The summed E-state index contributed by atoms with van der Waals surface area (Å²) >= 11 is 0. The molecule has 4 heteroatoms. The number of aliphatic carboxylic acids is 1. The van der Waals surface area contributed by atoms with Gasteiger partial charge in [-0.3, -0.25) is 9.69 Å². The van der Waals surface area contributed by atoms with Gasteiger partial charge < -0.3 is 10.2 Å². The van der Waals surface area contributed by atoms with E-state index in [-0.39, 0.29) is 19.2 Å². The minimum atomic E-state index is -0.818. The third-order valence-corrected chi connectivity index (χ3v) is 1.67. The molecular formula is C8H17NO3. The third-order valence-electron chi connectivity index (χ3n) is 1.67. The van der Waals surface area contributed by atoms with Crippen LogP contribution in [0.2, 0.25) is 0 Å². The zero-order valence-electron chi connectivity index (χ0n) is 7.66. The molecule has 0 saturated heterocycles. The lowest BCUT2D eigenvalue weighted by atomic mass is 10.3. The molecule has 0 aromatic carbocycles. The van der Waals surface area contributed by atoms with Crippen molar-refractivity contribution in [3.05, 3.63) is 0 Å². The molecule has 0 amide bonds. The fourth-order valence-corrected chi connectivity index (χ4v) is 0.967. The van der Waals surface area contributed by atoms with E-state index in [1.165, 1.54) is 0 Å². The Morgan fingerprint density at radius 3 is 2.42 bits per heavy atom. The van der Waals surface area contributed by atoms with Gasteiger partial charge in [0.1, 0.15) is 0 Å². The average Bonchev–Trinajstić information content (AvgIpc) is 1.96. The molecule has 0 bridgehead atoms. The van der Waals surface area contributed by atoms with Crippen LogP contribution < -0.4 is 0 Å². The molecule has 2 N–H and O–H groups in total. The van der Waals surface area contributed by atoms with Gasteiger partial charge in [0.05, 0.1) is 6.54 Å². The number of carboxylic acid groups (broad SMARTS) is 1. The lowest BCUT2D eigenvalue weighted by Gasteiger charge is -2.23. The van der Waals surface area contributed by atoms with Gasteiger partial charge in [-0.25, -0.2) is 0 Å². The number of carbonyl (C=O) groups is 1. The molecule has 0 atom stereocenters. The molecule has 0 heterocycles. The largest absolute Gasteiger partial charge is 0.480 e. The van der Waals surface area contributed by atoms with Crippen LogP contribution in [-0.2, 0) is 4.79 Å². The predicted octanol–water partition coefficient (Wildman–Crippen LogP) is 0.164. The Morgan fingerprint density at radius 2 is 2.08 bits per heavy atom. The highest BCUT2D eigenvalue weighted by molar-refractivity contribution is 5.69. The van der Waals surface area contributed by atoms with Gasteiger partial charge in [0.2, 0.25) is 0 Å². The van der Waals surface area contributed by atoms with Gasteiger partial charge in [-0.1, -0.05) is 0 Å². The molecule has 0 aliphatic rings. The fraction of sp³-hybridized carbons (Fsp3) is 0.875. The Balaban J connectivity index is 3.78. The van der Waals surface area contributed by atoms with Gasteiger partial charge in [0.25, 0.3) is 0 Å². The Hall–Kier alpha value is -0.610. The smallest absolute Gasteiger partial charge is 0.317 e. The molecule has 0 radical (unpaired) electrons. The molecule has 0 fully saturated rings. The first-order valence-corrected chi connectivity index (χ1v) is 4.14.